The Hall–Kier alpha value is -3.26. The lowest BCUT2D eigenvalue weighted by Gasteiger charge is -2.27. The number of nitrogens with one attached hydrogen (secondary N) is 1. The first-order valence-corrected chi connectivity index (χ1v) is 9.65. The SMILES string of the molecule is Cc1cc(CNC(=O)c2cc(-c3ccccc3)nn2C)nc(N2CCOCC2)n1. The maximum Gasteiger partial charge on any atom is 0.269 e. The molecule has 29 heavy (non-hydrogen) atoms. The van der Waals surface area contributed by atoms with Gasteiger partial charge in [0.15, 0.2) is 0 Å². The molecule has 8 heteroatoms. The summed E-state index contributed by atoms with van der Waals surface area (Å²) >= 11 is 0. The van der Waals surface area contributed by atoms with Crippen LogP contribution in [0, 0.1) is 6.92 Å². The molecule has 0 radical (unpaired) electrons. The van der Waals surface area contributed by atoms with E-state index in [9.17, 15) is 4.79 Å². The molecular weight excluding hydrogens is 368 g/mol. The number of anilines is 1. The quantitative estimate of drug-likeness (QED) is 0.714. The number of amides is 1. The number of benzene rings is 1. The Kier molecular flexibility index (Phi) is 5.53. The van der Waals surface area contributed by atoms with Crippen molar-refractivity contribution < 1.29 is 9.53 Å². The van der Waals surface area contributed by atoms with E-state index in [0.717, 1.165) is 35.7 Å². The molecule has 0 atom stereocenters. The molecular formula is C21H24N6O2. The minimum atomic E-state index is -0.189. The van der Waals surface area contributed by atoms with Gasteiger partial charge in [-0.25, -0.2) is 9.97 Å². The maximum atomic E-state index is 12.7. The zero-order valence-corrected chi connectivity index (χ0v) is 16.6. The van der Waals surface area contributed by atoms with Crippen molar-refractivity contribution in [1.82, 2.24) is 25.1 Å². The first kappa shape index (κ1) is 19.1. The fraction of sp³-hybridized carbons (Fsp3) is 0.333. The summed E-state index contributed by atoms with van der Waals surface area (Å²) in [6.07, 6.45) is 0. The third-order valence-corrected chi connectivity index (χ3v) is 4.80. The van der Waals surface area contributed by atoms with E-state index in [4.69, 9.17) is 4.74 Å². The van der Waals surface area contributed by atoms with Crippen molar-refractivity contribution in [1.29, 1.82) is 0 Å². The molecule has 0 unspecified atom stereocenters. The van der Waals surface area contributed by atoms with Gasteiger partial charge in [0, 0.05) is 31.4 Å². The van der Waals surface area contributed by atoms with Gasteiger partial charge in [0.25, 0.3) is 5.91 Å². The van der Waals surface area contributed by atoms with Crippen LogP contribution in [0.4, 0.5) is 5.95 Å². The van der Waals surface area contributed by atoms with Crippen LogP contribution in [0.2, 0.25) is 0 Å². The van der Waals surface area contributed by atoms with Crippen LogP contribution >= 0.6 is 0 Å². The fourth-order valence-corrected chi connectivity index (χ4v) is 3.30. The predicted octanol–water partition coefficient (Wildman–Crippen LogP) is 1.95. The third kappa shape index (κ3) is 4.43. The fourth-order valence-electron chi connectivity index (χ4n) is 3.30. The van der Waals surface area contributed by atoms with Gasteiger partial charge in [0.2, 0.25) is 5.95 Å². The van der Waals surface area contributed by atoms with Gasteiger partial charge in [-0.3, -0.25) is 9.48 Å². The minimum absolute atomic E-state index is 0.189. The second-order valence-electron chi connectivity index (χ2n) is 6.99. The van der Waals surface area contributed by atoms with Crippen molar-refractivity contribution >= 4 is 11.9 Å². The standard InChI is InChI=1S/C21H24N6O2/c1-15-12-17(24-21(23-15)27-8-10-29-11-9-27)14-22-20(28)19-13-18(25-26(19)2)16-6-4-3-5-7-16/h3-7,12-13H,8-11,14H2,1-2H3,(H,22,28). The number of rotatable bonds is 5. The molecule has 1 fully saturated rings. The molecule has 0 bridgehead atoms. The lowest BCUT2D eigenvalue weighted by molar-refractivity contribution is 0.0941. The van der Waals surface area contributed by atoms with Crippen molar-refractivity contribution in [3.05, 3.63) is 59.5 Å². The number of hydrogen-bond donors (Lipinski definition) is 1. The van der Waals surface area contributed by atoms with Crippen LogP contribution in [0.3, 0.4) is 0 Å². The molecule has 3 aromatic rings. The zero-order chi connectivity index (χ0) is 20.2. The average Bonchev–Trinajstić information content (AvgIpc) is 3.15. The Labute approximate surface area is 169 Å². The van der Waals surface area contributed by atoms with Gasteiger partial charge in [-0.05, 0) is 19.1 Å². The smallest absolute Gasteiger partial charge is 0.269 e. The van der Waals surface area contributed by atoms with Crippen molar-refractivity contribution in [2.45, 2.75) is 13.5 Å². The topological polar surface area (TPSA) is 85.2 Å². The van der Waals surface area contributed by atoms with E-state index in [1.165, 1.54) is 0 Å². The van der Waals surface area contributed by atoms with Crippen molar-refractivity contribution in [3.8, 4) is 11.3 Å². The second-order valence-corrected chi connectivity index (χ2v) is 6.99. The van der Waals surface area contributed by atoms with Crippen LogP contribution < -0.4 is 10.2 Å². The highest BCUT2D eigenvalue weighted by molar-refractivity contribution is 5.93. The molecule has 1 amide bonds. The van der Waals surface area contributed by atoms with E-state index < -0.39 is 0 Å². The Morgan fingerprint density at radius 3 is 2.66 bits per heavy atom. The van der Waals surface area contributed by atoms with Gasteiger partial charge in [0.05, 0.1) is 31.1 Å². The summed E-state index contributed by atoms with van der Waals surface area (Å²) in [6, 6.07) is 13.5. The van der Waals surface area contributed by atoms with Crippen molar-refractivity contribution in [3.63, 3.8) is 0 Å². The van der Waals surface area contributed by atoms with Gasteiger partial charge < -0.3 is 15.0 Å². The van der Waals surface area contributed by atoms with Crippen LogP contribution in [0.1, 0.15) is 21.9 Å². The average molecular weight is 392 g/mol. The summed E-state index contributed by atoms with van der Waals surface area (Å²) in [6.45, 7) is 5.15. The van der Waals surface area contributed by atoms with Gasteiger partial charge in [0.1, 0.15) is 5.69 Å². The van der Waals surface area contributed by atoms with Gasteiger partial charge in [-0.2, -0.15) is 5.10 Å². The first-order chi connectivity index (χ1) is 14.1. The first-order valence-electron chi connectivity index (χ1n) is 9.65. The molecule has 0 spiro atoms. The molecule has 1 N–H and O–H groups in total. The van der Waals surface area contributed by atoms with Crippen LogP contribution in [0.25, 0.3) is 11.3 Å². The van der Waals surface area contributed by atoms with E-state index in [-0.39, 0.29) is 5.91 Å². The third-order valence-electron chi connectivity index (χ3n) is 4.80. The molecule has 1 aromatic carbocycles. The molecule has 1 saturated heterocycles. The maximum absolute atomic E-state index is 12.7. The van der Waals surface area contributed by atoms with E-state index in [0.29, 0.717) is 31.4 Å². The van der Waals surface area contributed by atoms with E-state index in [1.54, 1.807) is 17.8 Å². The predicted molar refractivity (Wildman–Crippen MR) is 110 cm³/mol. The number of ether oxygens (including phenoxy) is 1. The lowest BCUT2D eigenvalue weighted by Crippen LogP contribution is -2.37. The van der Waals surface area contributed by atoms with Gasteiger partial charge in [-0.15, -0.1) is 0 Å². The number of aryl methyl sites for hydroxylation is 2. The summed E-state index contributed by atoms with van der Waals surface area (Å²) in [4.78, 5) is 24.0. The summed E-state index contributed by atoms with van der Waals surface area (Å²) in [5, 5.41) is 7.40. The molecule has 4 rings (SSSR count). The second kappa shape index (κ2) is 8.40. The largest absolute Gasteiger partial charge is 0.378 e. The molecule has 2 aromatic heterocycles. The Balaban J connectivity index is 1.46. The highest BCUT2D eigenvalue weighted by Crippen LogP contribution is 2.18. The molecule has 3 heterocycles. The lowest BCUT2D eigenvalue weighted by atomic mass is 10.1. The normalized spacial score (nSPS) is 14.1. The molecule has 150 valence electrons. The van der Waals surface area contributed by atoms with Crippen molar-refractivity contribution in [2.24, 2.45) is 7.05 Å². The number of carbonyl (C=O) groups is 1. The van der Waals surface area contributed by atoms with Crippen LogP contribution in [-0.4, -0.2) is 52.0 Å². The van der Waals surface area contributed by atoms with Crippen LogP contribution in [-0.2, 0) is 18.3 Å². The Bertz CT molecular complexity index is 996. The number of hydrogen-bond acceptors (Lipinski definition) is 6. The number of morpholine rings is 1. The molecule has 0 aliphatic carbocycles. The highest BCUT2D eigenvalue weighted by atomic mass is 16.5. The number of carbonyl (C=O) groups excluding carboxylic acids is 1. The molecule has 0 saturated carbocycles. The summed E-state index contributed by atoms with van der Waals surface area (Å²) in [5.41, 5.74) is 3.90. The molecule has 1 aliphatic rings. The van der Waals surface area contributed by atoms with E-state index >= 15 is 0 Å². The Morgan fingerprint density at radius 1 is 1.14 bits per heavy atom. The van der Waals surface area contributed by atoms with Crippen LogP contribution in [0.15, 0.2) is 42.5 Å². The Morgan fingerprint density at radius 2 is 1.90 bits per heavy atom. The van der Waals surface area contributed by atoms with Gasteiger partial charge in [-0.1, -0.05) is 30.3 Å². The summed E-state index contributed by atoms with van der Waals surface area (Å²) in [7, 11) is 1.77. The summed E-state index contributed by atoms with van der Waals surface area (Å²) in [5.74, 6) is 0.496. The number of nitrogens with zero attached hydrogens (tertiary/aromatic N) is 5. The van der Waals surface area contributed by atoms with E-state index in [2.05, 4.69) is 25.3 Å². The van der Waals surface area contributed by atoms with Gasteiger partial charge >= 0.3 is 0 Å². The zero-order valence-electron chi connectivity index (χ0n) is 16.6. The van der Waals surface area contributed by atoms with Crippen molar-refractivity contribution in [2.75, 3.05) is 31.2 Å². The molecule has 1 aliphatic heterocycles. The molecule has 8 nitrogen and oxygen atoms in total. The highest BCUT2D eigenvalue weighted by Gasteiger charge is 2.17. The monoisotopic (exact) mass is 392 g/mol. The number of aromatic nitrogens is 4. The van der Waals surface area contributed by atoms with Crippen LogP contribution in [0.5, 0.6) is 0 Å². The summed E-state index contributed by atoms with van der Waals surface area (Å²) < 4.78 is 6.99. The van der Waals surface area contributed by atoms with E-state index in [1.807, 2.05) is 43.3 Å². The minimum Gasteiger partial charge on any atom is -0.378 e.